The van der Waals surface area contributed by atoms with Crippen LogP contribution in [0, 0.1) is 17.5 Å². The molecule has 1 unspecified atom stereocenters. The van der Waals surface area contributed by atoms with Crippen LogP contribution >= 0.6 is 0 Å². The van der Waals surface area contributed by atoms with E-state index in [9.17, 15) is 22.4 Å². The molecule has 1 aliphatic carbocycles. The molecule has 0 amide bonds. The average molecular weight is 439 g/mol. The first-order chi connectivity index (χ1) is 14.7. The number of nitrogens with zero attached hydrogens (tertiary/aromatic N) is 2. The maximum Gasteiger partial charge on any atom is 0.316 e. The summed E-state index contributed by atoms with van der Waals surface area (Å²) in [5.74, 6) is -4.87. The Balaban J connectivity index is 1.98. The fourth-order valence-corrected chi connectivity index (χ4v) is 3.17. The lowest BCUT2D eigenvalue weighted by Gasteiger charge is -2.24. The Hall–Kier alpha value is -3.14. The van der Waals surface area contributed by atoms with E-state index in [1.165, 1.54) is 23.9 Å². The maximum atomic E-state index is 14.4. The fraction of sp³-hybridized carbons (Fsp3) is 0.333. The van der Waals surface area contributed by atoms with Crippen molar-refractivity contribution in [1.29, 1.82) is 0 Å². The van der Waals surface area contributed by atoms with E-state index in [0.29, 0.717) is 18.7 Å². The van der Waals surface area contributed by atoms with Gasteiger partial charge in [-0.25, -0.2) is 17.6 Å². The zero-order chi connectivity index (χ0) is 22.7. The zero-order valence-corrected chi connectivity index (χ0v) is 17.1. The number of allylic oxidation sites excluding steroid dienone is 1. The molecule has 1 aromatic carbocycles. The number of hydrogen-bond donors (Lipinski definition) is 1. The summed E-state index contributed by atoms with van der Waals surface area (Å²) in [6.07, 6.45) is 2.15. The topological polar surface area (TPSA) is 65.4 Å². The third-order valence-corrected chi connectivity index (χ3v) is 4.74. The lowest BCUT2D eigenvalue weighted by atomic mass is 10.0. The number of nitrogens with one attached hydrogen (secondary N) is 1. The molecule has 31 heavy (non-hydrogen) atoms. The van der Waals surface area contributed by atoms with Gasteiger partial charge in [0.15, 0.2) is 17.5 Å². The van der Waals surface area contributed by atoms with Crippen LogP contribution in [0.3, 0.4) is 0 Å². The minimum Gasteiger partial charge on any atom is -0.490 e. The van der Waals surface area contributed by atoms with Crippen molar-refractivity contribution in [2.75, 3.05) is 19.0 Å². The van der Waals surface area contributed by atoms with Crippen LogP contribution in [0.15, 0.2) is 46.3 Å². The number of ether oxygens (including phenoxy) is 2. The standard InChI is InChI=1S/C21H21F4N3O3/c1-4-31-17-5-11(2)16(8-13(17)22)26-21-27-20(29)18(30-3)10-28(21)9-12-6-14(23)19(25)15(24)7-12/h6-8,10,17H,4-5,9H2,1-3H3,(H,26,27,29). The highest BCUT2D eigenvalue weighted by molar-refractivity contribution is 5.47. The Morgan fingerprint density at radius 2 is 1.90 bits per heavy atom. The molecule has 10 heteroatoms. The van der Waals surface area contributed by atoms with Gasteiger partial charge in [0.1, 0.15) is 11.9 Å². The molecule has 0 aliphatic heterocycles. The molecule has 0 fully saturated rings. The third kappa shape index (κ3) is 4.96. The van der Waals surface area contributed by atoms with Gasteiger partial charge in [0.2, 0.25) is 11.7 Å². The average Bonchev–Trinajstić information content (AvgIpc) is 2.71. The van der Waals surface area contributed by atoms with E-state index < -0.39 is 34.9 Å². The van der Waals surface area contributed by atoms with Gasteiger partial charge in [0.05, 0.1) is 19.9 Å². The largest absolute Gasteiger partial charge is 0.490 e. The summed E-state index contributed by atoms with van der Waals surface area (Å²) >= 11 is 0. The Kier molecular flexibility index (Phi) is 6.79. The van der Waals surface area contributed by atoms with Crippen molar-refractivity contribution < 1.29 is 27.0 Å². The summed E-state index contributed by atoms with van der Waals surface area (Å²) in [4.78, 5) is 16.1. The van der Waals surface area contributed by atoms with E-state index in [0.717, 1.165) is 17.7 Å². The highest BCUT2D eigenvalue weighted by Crippen LogP contribution is 2.28. The van der Waals surface area contributed by atoms with Crippen molar-refractivity contribution in [3.8, 4) is 5.75 Å². The van der Waals surface area contributed by atoms with Crippen molar-refractivity contribution >= 4 is 5.95 Å². The summed E-state index contributed by atoms with van der Waals surface area (Å²) in [6.45, 7) is 3.72. The number of benzene rings is 1. The van der Waals surface area contributed by atoms with Crippen molar-refractivity contribution in [3.05, 3.63) is 74.9 Å². The maximum absolute atomic E-state index is 14.4. The highest BCUT2D eigenvalue weighted by atomic mass is 19.2. The number of halogens is 4. The van der Waals surface area contributed by atoms with E-state index in [1.54, 1.807) is 13.8 Å². The number of anilines is 1. The van der Waals surface area contributed by atoms with Crippen LogP contribution in [-0.4, -0.2) is 29.4 Å². The van der Waals surface area contributed by atoms with Crippen molar-refractivity contribution in [1.82, 2.24) is 9.55 Å². The van der Waals surface area contributed by atoms with Crippen molar-refractivity contribution in [3.63, 3.8) is 0 Å². The molecule has 0 radical (unpaired) electrons. The summed E-state index contributed by atoms with van der Waals surface area (Å²) in [7, 11) is 1.27. The molecule has 2 aromatic rings. The van der Waals surface area contributed by atoms with Gasteiger partial charge in [-0.2, -0.15) is 4.98 Å². The van der Waals surface area contributed by atoms with Gasteiger partial charge in [-0.1, -0.05) is 0 Å². The first-order valence-corrected chi connectivity index (χ1v) is 9.47. The molecular formula is C21H21F4N3O3. The van der Waals surface area contributed by atoms with E-state index in [4.69, 9.17) is 9.47 Å². The predicted octanol–water partition coefficient (Wildman–Crippen LogP) is 4.07. The monoisotopic (exact) mass is 439 g/mol. The van der Waals surface area contributed by atoms with Crippen LogP contribution in [0.1, 0.15) is 25.8 Å². The molecule has 1 aliphatic rings. The van der Waals surface area contributed by atoms with E-state index in [-0.39, 0.29) is 23.8 Å². The molecule has 1 heterocycles. The molecule has 6 nitrogen and oxygen atoms in total. The van der Waals surface area contributed by atoms with Gasteiger partial charge in [0.25, 0.3) is 0 Å². The summed E-state index contributed by atoms with van der Waals surface area (Å²) in [6, 6.07) is 1.67. The molecule has 166 valence electrons. The minimum absolute atomic E-state index is 0.01000. The lowest BCUT2D eigenvalue weighted by molar-refractivity contribution is 0.0712. The molecule has 0 saturated heterocycles. The smallest absolute Gasteiger partial charge is 0.316 e. The first kappa shape index (κ1) is 22.5. The van der Waals surface area contributed by atoms with Crippen LogP contribution in [0.25, 0.3) is 0 Å². The summed E-state index contributed by atoms with van der Waals surface area (Å²) in [5.41, 5.74) is 0.522. The van der Waals surface area contributed by atoms with Gasteiger partial charge in [-0.15, -0.1) is 0 Å². The molecule has 0 bridgehead atoms. The van der Waals surface area contributed by atoms with Gasteiger partial charge >= 0.3 is 5.56 Å². The SMILES string of the molecule is CCOC1CC(C)=C(Nc2nc(=O)c(OC)cn2Cc2cc(F)c(F)c(F)c2)C=C1F. The van der Waals surface area contributed by atoms with Crippen LogP contribution < -0.4 is 15.6 Å². The van der Waals surface area contributed by atoms with Gasteiger partial charge < -0.3 is 19.4 Å². The van der Waals surface area contributed by atoms with Gasteiger partial charge in [0, 0.05) is 18.7 Å². The number of hydrogen-bond acceptors (Lipinski definition) is 5. The van der Waals surface area contributed by atoms with Crippen LogP contribution in [0.2, 0.25) is 0 Å². The Morgan fingerprint density at radius 3 is 2.52 bits per heavy atom. The lowest BCUT2D eigenvalue weighted by Crippen LogP contribution is -2.23. The summed E-state index contributed by atoms with van der Waals surface area (Å²) in [5, 5.41) is 2.89. The molecule has 0 saturated carbocycles. The second-order valence-corrected chi connectivity index (χ2v) is 6.94. The Bertz CT molecular complexity index is 1090. The molecular weight excluding hydrogens is 418 g/mol. The first-order valence-electron chi connectivity index (χ1n) is 9.47. The highest BCUT2D eigenvalue weighted by Gasteiger charge is 2.23. The molecule has 1 N–H and O–H groups in total. The molecule has 1 aromatic heterocycles. The van der Waals surface area contributed by atoms with E-state index in [1.807, 2.05) is 0 Å². The van der Waals surface area contributed by atoms with Gasteiger partial charge in [-0.05, 0) is 43.2 Å². The van der Waals surface area contributed by atoms with Gasteiger partial charge in [-0.3, -0.25) is 4.79 Å². The number of methoxy groups -OCH3 is 1. The van der Waals surface area contributed by atoms with Crippen LogP contribution in [0.4, 0.5) is 23.5 Å². The predicted molar refractivity (Wildman–Crippen MR) is 106 cm³/mol. The fourth-order valence-electron chi connectivity index (χ4n) is 3.17. The molecule has 1 atom stereocenters. The minimum atomic E-state index is -1.58. The second-order valence-electron chi connectivity index (χ2n) is 6.94. The third-order valence-electron chi connectivity index (χ3n) is 4.74. The van der Waals surface area contributed by atoms with Crippen molar-refractivity contribution in [2.24, 2.45) is 0 Å². The summed E-state index contributed by atoms with van der Waals surface area (Å²) < 4.78 is 66.6. The normalized spacial score (nSPS) is 16.4. The van der Waals surface area contributed by atoms with Crippen molar-refractivity contribution in [2.45, 2.75) is 32.9 Å². The van der Waals surface area contributed by atoms with E-state index >= 15 is 0 Å². The zero-order valence-electron chi connectivity index (χ0n) is 17.1. The van der Waals surface area contributed by atoms with E-state index in [2.05, 4.69) is 10.3 Å². The Morgan fingerprint density at radius 1 is 1.23 bits per heavy atom. The Labute approximate surface area is 175 Å². The quantitative estimate of drug-likeness (QED) is 0.521. The molecule has 3 rings (SSSR count). The number of rotatable bonds is 7. The second kappa shape index (κ2) is 9.34. The van der Waals surface area contributed by atoms with Crippen LogP contribution in [0.5, 0.6) is 5.75 Å². The number of aromatic nitrogens is 2. The van der Waals surface area contributed by atoms with Crippen LogP contribution in [-0.2, 0) is 11.3 Å². The molecule has 0 spiro atoms.